The summed E-state index contributed by atoms with van der Waals surface area (Å²) in [6.45, 7) is 13.4. The number of hydrogen-bond acceptors (Lipinski definition) is 5. The van der Waals surface area contributed by atoms with Crippen LogP contribution in [-0.4, -0.2) is 70.5 Å². The van der Waals surface area contributed by atoms with Crippen LogP contribution >= 0.6 is 0 Å². The van der Waals surface area contributed by atoms with Gasteiger partial charge < -0.3 is 24.8 Å². The van der Waals surface area contributed by atoms with E-state index in [4.69, 9.17) is 19.2 Å². The molecule has 2 atom stereocenters. The number of aliphatic imine (C=N–C) groups is 1. The first kappa shape index (κ1) is 23.3. The van der Waals surface area contributed by atoms with Crippen molar-refractivity contribution in [1.82, 2.24) is 15.5 Å². The average molecular weight is 407 g/mol. The molecule has 0 aromatic heterocycles. The quantitative estimate of drug-likeness (QED) is 0.486. The number of nitrogens with one attached hydrogen (secondary N) is 2. The largest absolute Gasteiger partial charge is 0.493 e. The minimum Gasteiger partial charge on any atom is -0.493 e. The summed E-state index contributed by atoms with van der Waals surface area (Å²) >= 11 is 0. The maximum atomic E-state index is 5.56. The maximum absolute atomic E-state index is 5.56. The molecule has 1 heterocycles. The standard InChI is InChI=1S/C22H38N4O3/c1-7-23-22(25-17(4)16(2)3)24-15-19(26-10-12-29-13-11-26)18-8-9-20(27-5)21(14-18)28-6/h8-9,14,16-17,19H,7,10-13,15H2,1-6H3,(H2,23,24,25). The summed E-state index contributed by atoms with van der Waals surface area (Å²) in [5.74, 6) is 2.86. The number of guanidine groups is 1. The highest BCUT2D eigenvalue weighted by molar-refractivity contribution is 5.80. The fourth-order valence-electron chi connectivity index (χ4n) is 3.26. The number of morpholine rings is 1. The van der Waals surface area contributed by atoms with E-state index in [0.717, 1.165) is 50.3 Å². The number of ether oxygens (including phenoxy) is 3. The van der Waals surface area contributed by atoms with Crippen molar-refractivity contribution in [2.45, 2.75) is 39.8 Å². The van der Waals surface area contributed by atoms with Gasteiger partial charge in [0.1, 0.15) is 0 Å². The Morgan fingerprint density at radius 2 is 1.83 bits per heavy atom. The van der Waals surface area contributed by atoms with Crippen LogP contribution in [0.15, 0.2) is 23.2 Å². The molecule has 2 rings (SSSR count). The van der Waals surface area contributed by atoms with Crippen molar-refractivity contribution in [2.24, 2.45) is 10.9 Å². The molecule has 1 saturated heterocycles. The first-order valence-corrected chi connectivity index (χ1v) is 10.6. The maximum Gasteiger partial charge on any atom is 0.191 e. The van der Waals surface area contributed by atoms with Gasteiger partial charge in [0.25, 0.3) is 0 Å². The van der Waals surface area contributed by atoms with Gasteiger partial charge in [0.2, 0.25) is 0 Å². The van der Waals surface area contributed by atoms with E-state index < -0.39 is 0 Å². The molecule has 2 N–H and O–H groups in total. The Morgan fingerprint density at radius 1 is 1.14 bits per heavy atom. The molecule has 0 spiro atoms. The van der Waals surface area contributed by atoms with Crippen LogP contribution in [0.2, 0.25) is 0 Å². The minimum absolute atomic E-state index is 0.142. The highest BCUT2D eigenvalue weighted by Gasteiger charge is 2.24. The molecule has 0 bridgehead atoms. The van der Waals surface area contributed by atoms with E-state index in [2.05, 4.69) is 55.4 Å². The normalized spacial score (nSPS) is 17.7. The molecular formula is C22H38N4O3. The molecule has 1 fully saturated rings. The van der Waals surface area contributed by atoms with E-state index in [1.54, 1.807) is 14.2 Å². The Hall–Kier alpha value is -1.99. The first-order chi connectivity index (χ1) is 14.0. The Balaban J connectivity index is 2.27. The Morgan fingerprint density at radius 3 is 2.41 bits per heavy atom. The van der Waals surface area contributed by atoms with Crippen molar-refractivity contribution < 1.29 is 14.2 Å². The molecule has 7 heteroatoms. The Kier molecular flexibility index (Phi) is 9.54. The van der Waals surface area contributed by atoms with Crippen molar-refractivity contribution >= 4 is 5.96 Å². The lowest BCUT2D eigenvalue weighted by Gasteiger charge is -2.34. The number of benzene rings is 1. The fourth-order valence-corrected chi connectivity index (χ4v) is 3.26. The van der Waals surface area contributed by atoms with Gasteiger partial charge >= 0.3 is 0 Å². The smallest absolute Gasteiger partial charge is 0.191 e. The highest BCUT2D eigenvalue weighted by Crippen LogP contribution is 2.32. The molecule has 0 aliphatic carbocycles. The summed E-state index contributed by atoms with van der Waals surface area (Å²) in [7, 11) is 3.33. The third-order valence-corrected chi connectivity index (χ3v) is 5.41. The van der Waals surface area contributed by atoms with Gasteiger partial charge in [-0.3, -0.25) is 9.89 Å². The van der Waals surface area contributed by atoms with Crippen molar-refractivity contribution in [1.29, 1.82) is 0 Å². The number of nitrogens with zero attached hydrogens (tertiary/aromatic N) is 2. The van der Waals surface area contributed by atoms with Gasteiger partial charge in [0.15, 0.2) is 17.5 Å². The van der Waals surface area contributed by atoms with Crippen LogP contribution in [0.25, 0.3) is 0 Å². The molecule has 0 amide bonds. The van der Waals surface area contributed by atoms with Crippen LogP contribution in [0.4, 0.5) is 0 Å². The SMILES string of the molecule is CCNC(=NCC(c1ccc(OC)c(OC)c1)N1CCOCC1)NC(C)C(C)C. The van der Waals surface area contributed by atoms with E-state index in [-0.39, 0.29) is 6.04 Å². The van der Waals surface area contributed by atoms with Crippen molar-refractivity contribution in [3.05, 3.63) is 23.8 Å². The number of hydrogen-bond donors (Lipinski definition) is 2. The second-order valence-corrected chi connectivity index (χ2v) is 7.68. The molecular weight excluding hydrogens is 368 g/mol. The molecule has 29 heavy (non-hydrogen) atoms. The molecule has 0 saturated carbocycles. The molecule has 164 valence electrons. The minimum atomic E-state index is 0.142. The van der Waals surface area contributed by atoms with E-state index in [9.17, 15) is 0 Å². The first-order valence-electron chi connectivity index (χ1n) is 10.6. The Labute approximate surface area is 175 Å². The van der Waals surface area contributed by atoms with E-state index >= 15 is 0 Å². The van der Waals surface area contributed by atoms with Crippen molar-refractivity contribution in [2.75, 3.05) is 53.6 Å². The lowest BCUT2D eigenvalue weighted by Crippen LogP contribution is -2.45. The van der Waals surface area contributed by atoms with Crippen LogP contribution < -0.4 is 20.1 Å². The molecule has 1 aromatic rings. The highest BCUT2D eigenvalue weighted by atomic mass is 16.5. The Bertz CT molecular complexity index is 645. The third kappa shape index (κ3) is 6.78. The molecule has 0 radical (unpaired) electrons. The predicted molar refractivity (Wildman–Crippen MR) is 118 cm³/mol. The lowest BCUT2D eigenvalue weighted by molar-refractivity contribution is 0.0179. The van der Waals surface area contributed by atoms with Crippen LogP contribution in [0, 0.1) is 5.92 Å². The summed E-state index contributed by atoms with van der Waals surface area (Å²) in [5, 5.41) is 6.89. The van der Waals surface area contributed by atoms with Gasteiger partial charge in [-0.15, -0.1) is 0 Å². The second-order valence-electron chi connectivity index (χ2n) is 7.68. The summed E-state index contributed by atoms with van der Waals surface area (Å²) in [4.78, 5) is 7.36. The lowest BCUT2D eigenvalue weighted by atomic mass is 10.0. The summed E-state index contributed by atoms with van der Waals surface area (Å²) < 4.78 is 16.5. The van der Waals surface area contributed by atoms with Crippen LogP contribution in [-0.2, 0) is 4.74 Å². The molecule has 1 aromatic carbocycles. The molecule has 1 aliphatic heterocycles. The number of methoxy groups -OCH3 is 2. The van der Waals surface area contributed by atoms with Crippen LogP contribution in [0.1, 0.15) is 39.3 Å². The summed E-state index contributed by atoms with van der Waals surface area (Å²) in [6, 6.07) is 6.62. The van der Waals surface area contributed by atoms with E-state index in [1.165, 1.54) is 5.56 Å². The number of rotatable bonds is 9. The van der Waals surface area contributed by atoms with E-state index in [0.29, 0.717) is 18.5 Å². The zero-order valence-corrected chi connectivity index (χ0v) is 18.8. The second kappa shape index (κ2) is 11.9. The summed E-state index contributed by atoms with van der Waals surface area (Å²) in [6.07, 6.45) is 0. The van der Waals surface area contributed by atoms with Crippen LogP contribution in [0.5, 0.6) is 11.5 Å². The van der Waals surface area contributed by atoms with Gasteiger partial charge in [-0.25, -0.2) is 0 Å². The van der Waals surface area contributed by atoms with Crippen molar-refractivity contribution in [3.8, 4) is 11.5 Å². The average Bonchev–Trinajstić information content (AvgIpc) is 2.74. The van der Waals surface area contributed by atoms with E-state index in [1.807, 2.05) is 6.07 Å². The molecule has 2 unspecified atom stereocenters. The molecule has 7 nitrogen and oxygen atoms in total. The monoisotopic (exact) mass is 406 g/mol. The van der Waals surface area contributed by atoms with Gasteiger partial charge in [0, 0.05) is 25.7 Å². The zero-order chi connectivity index (χ0) is 21.2. The predicted octanol–water partition coefficient (Wildman–Crippen LogP) is 2.68. The fraction of sp³-hybridized carbons (Fsp3) is 0.682. The molecule has 1 aliphatic rings. The van der Waals surface area contributed by atoms with Gasteiger partial charge in [-0.1, -0.05) is 19.9 Å². The van der Waals surface area contributed by atoms with Gasteiger partial charge in [-0.2, -0.15) is 0 Å². The topological polar surface area (TPSA) is 67.4 Å². The third-order valence-electron chi connectivity index (χ3n) is 5.41. The van der Waals surface area contributed by atoms with Crippen LogP contribution in [0.3, 0.4) is 0 Å². The van der Waals surface area contributed by atoms with Gasteiger partial charge in [0.05, 0.1) is 40.0 Å². The van der Waals surface area contributed by atoms with Crippen molar-refractivity contribution in [3.63, 3.8) is 0 Å². The summed E-state index contributed by atoms with van der Waals surface area (Å²) in [5.41, 5.74) is 1.17. The van der Waals surface area contributed by atoms with Gasteiger partial charge in [-0.05, 0) is 37.5 Å². The zero-order valence-electron chi connectivity index (χ0n) is 18.8.